The van der Waals surface area contributed by atoms with Crippen molar-refractivity contribution in [3.05, 3.63) is 23.0 Å². The molecule has 104 valence electrons. The lowest BCUT2D eigenvalue weighted by atomic mass is 10.1. The Morgan fingerprint density at radius 3 is 3.00 bits per heavy atom. The number of nitriles is 1. The number of nitrogens with zero attached hydrogens (tertiary/aromatic N) is 2. The summed E-state index contributed by atoms with van der Waals surface area (Å²) in [5.74, 6) is 0. The smallest absolute Gasteiger partial charge is 0.120 e. The van der Waals surface area contributed by atoms with Crippen LogP contribution in [0.25, 0.3) is 0 Å². The van der Waals surface area contributed by atoms with Crippen molar-refractivity contribution < 1.29 is 4.74 Å². The molecule has 0 radical (unpaired) electrons. The molecule has 1 aromatic heterocycles. The van der Waals surface area contributed by atoms with Crippen LogP contribution in [-0.2, 0) is 18.3 Å². The van der Waals surface area contributed by atoms with E-state index in [4.69, 9.17) is 10.00 Å². The normalized spacial score (nSPS) is 19.3. The second kappa shape index (κ2) is 6.74. The van der Waals surface area contributed by atoms with Gasteiger partial charge >= 0.3 is 0 Å². The van der Waals surface area contributed by atoms with Gasteiger partial charge in [0.1, 0.15) is 11.8 Å². The fourth-order valence-electron chi connectivity index (χ4n) is 2.57. The number of aromatic nitrogens is 1. The highest BCUT2D eigenvalue weighted by Crippen LogP contribution is 2.16. The van der Waals surface area contributed by atoms with E-state index in [9.17, 15) is 0 Å². The van der Waals surface area contributed by atoms with Gasteiger partial charge in [-0.15, -0.1) is 0 Å². The van der Waals surface area contributed by atoms with Crippen molar-refractivity contribution in [1.29, 1.82) is 5.26 Å². The molecule has 1 aromatic rings. The number of rotatable bonds is 5. The molecule has 1 aliphatic heterocycles. The first-order valence-corrected chi connectivity index (χ1v) is 7.10. The minimum Gasteiger partial charge on any atom is -0.378 e. The van der Waals surface area contributed by atoms with E-state index in [1.54, 1.807) is 0 Å². The van der Waals surface area contributed by atoms with Crippen LogP contribution in [0.1, 0.15) is 42.6 Å². The van der Waals surface area contributed by atoms with E-state index in [1.165, 1.54) is 24.8 Å². The van der Waals surface area contributed by atoms with Gasteiger partial charge in [-0.25, -0.2) is 0 Å². The van der Waals surface area contributed by atoms with E-state index in [1.807, 2.05) is 17.7 Å². The summed E-state index contributed by atoms with van der Waals surface area (Å²) in [5, 5.41) is 12.4. The molecule has 1 saturated heterocycles. The average Bonchev–Trinajstić information content (AvgIpc) is 2.72. The Labute approximate surface area is 115 Å². The molecular weight excluding hydrogens is 238 g/mol. The molecule has 1 atom stereocenters. The summed E-state index contributed by atoms with van der Waals surface area (Å²) in [6.45, 7) is 4.78. The maximum absolute atomic E-state index is 8.99. The highest BCUT2D eigenvalue weighted by Gasteiger charge is 2.13. The van der Waals surface area contributed by atoms with E-state index in [2.05, 4.69) is 18.3 Å². The van der Waals surface area contributed by atoms with E-state index in [-0.39, 0.29) is 0 Å². The van der Waals surface area contributed by atoms with Crippen molar-refractivity contribution in [1.82, 2.24) is 9.88 Å². The zero-order chi connectivity index (χ0) is 13.7. The van der Waals surface area contributed by atoms with Crippen LogP contribution in [-0.4, -0.2) is 23.8 Å². The zero-order valence-corrected chi connectivity index (χ0v) is 11.9. The summed E-state index contributed by atoms with van der Waals surface area (Å²) >= 11 is 0. The molecule has 4 heteroatoms. The van der Waals surface area contributed by atoms with Crippen molar-refractivity contribution in [2.45, 2.75) is 45.3 Å². The van der Waals surface area contributed by atoms with Crippen molar-refractivity contribution in [2.24, 2.45) is 7.05 Å². The van der Waals surface area contributed by atoms with Gasteiger partial charge in [-0.1, -0.05) is 0 Å². The highest BCUT2D eigenvalue weighted by molar-refractivity contribution is 5.33. The third kappa shape index (κ3) is 3.59. The van der Waals surface area contributed by atoms with Crippen LogP contribution in [0, 0.1) is 18.3 Å². The van der Waals surface area contributed by atoms with E-state index >= 15 is 0 Å². The fourth-order valence-corrected chi connectivity index (χ4v) is 2.57. The summed E-state index contributed by atoms with van der Waals surface area (Å²) in [7, 11) is 1.94. The molecule has 2 rings (SSSR count). The molecule has 0 bridgehead atoms. The van der Waals surface area contributed by atoms with E-state index in [0.29, 0.717) is 6.10 Å². The van der Waals surface area contributed by atoms with Crippen LogP contribution in [0.4, 0.5) is 0 Å². The predicted molar refractivity (Wildman–Crippen MR) is 74.8 cm³/mol. The molecule has 1 unspecified atom stereocenters. The Morgan fingerprint density at radius 1 is 1.53 bits per heavy atom. The first-order valence-electron chi connectivity index (χ1n) is 7.10. The Balaban J connectivity index is 1.75. The lowest BCUT2D eigenvalue weighted by Crippen LogP contribution is -2.25. The Morgan fingerprint density at radius 2 is 2.37 bits per heavy atom. The Hall–Kier alpha value is -1.31. The van der Waals surface area contributed by atoms with E-state index in [0.717, 1.165) is 37.5 Å². The average molecular weight is 261 g/mol. The second-order valence-corrected chi connectivity index (χ2v) is 5.27. The third-order valence-corrected chi connectivity index (χ3v) is 3.99. The molecule has 0 saturated carbocycles. The summed E-state index contributed by atoms with van der Waals surface area (Å²) in [4.78, 5) is 0. The van der Waals surface area contributed by atoms with Crippen molar-refractivity contribution in [3.63, 3.8) is 0 Å². The predicted octanol–water partition coefficient (Wildman–Crippen LogP) is 2.25. The molecule has 0 amide bonds. The standard InChI is InChI=1S/C15H23N3O/c1-12-13(9-14(10-16)18(12)2)11-17-7-6-15-5-3-4-8-19-15/h9,15,17H,3-8,11H2,1-2H3. The molecule has 1 N–H and O–H groups in total. The van der Waals surface area contributed by atoms with Crippen LogP contribution in [0.5, 0.6) is 0 Å². The fraction of sp³-hybridized carbons (Fsp3) is 0.667. The van der Waals surface area contributed by atoms with Gasteiger partial charge in [-0.05, 0) is 50.8 Å². The van der Waals surface area contributed by atoms with Crippen molar-refractivity contribution in [3.8, 4) is 6.07 Å². The second-order valence-electron chi connectivity index (χ2n) is 5.27. The molecular formula is C15H23N3O. The first kappa shape index (κ1) is 14.1. The van der Waals surface area contributed by atoms with Crippen LogP contribution < -0.4 is 5.32 Å². The molecule has 0 aromatic carbocycles. The van der Waals surface area contributed by atoms with Crippen LogP contribution in [0.15, 0.2) is 6.07 Å². The molecule has 1 fully saturated rings. The lowest BCUT2D eigenvalue weighted by molar-refractivity contribution is 0.0115. The van der Waals surface area contributed by atoms with Crippen LogP contribution >= 0.6 is 0 Å². The molecule has 2 heterocycles. The minimum atomic E-state index is 0.438. The SMILES string of the molecule is Cc1c(CNCCC2CCCCO2)cc(C#N)n1C. The maximum Gasteiger partial charge on any atom is 0.120 e. The number of hydrogen-bond acceptors (Lipinski definition) is 3. The largest absolute Gasteiger partial charge is 0.378 e. The summed E-state index contributed by atoms with van der Waals surface area (Å²) in [5.41, 5.74) is 3.10. The third-order valence-electron chi connectivity index (χ3n) is 3.99. The van der Waals surface area contributed by atoms with Gasteiger partial charge < -0.3 is 14.6 Å². The van der Waals surface area contributed by atoms with Crippen molar-refractivity contribution in [2.75, 3.05) is 13.2 Å². The van der Waals surface area contributed by atoms with Gasteiger partial charge in [0.25, 0.3) is 0 Å². The van der Waals surface area contributed by atoms with Crippen LogP contribution in [0.2, 0.25) is 0 Å². The lowest BCUT2D eigenvalue weighted by Gasteiger charge is -2.22. The number of ether oxygens (including phenoxy) is 1. The van der Waals surface area contributed by atoms with Gasteiger partial charge in [0.2, 0.25) is 0 Å². The Kier molecular flexibility index (Phi) is 5.00. The molecule has 1 aliphatic rings. The molecule has 19 heavy (non-hydrogen) atoms. The van der Waals surface area contributed by atoms with E-state index < -0.39 is 0 Å². The molecule has 0 aliphatic carbocycles. The van der Waals surface area contributed by atoms with Crippen molar-refractivity contribution >= 4 is 0 Å². The maximum atomic E-state index is 8.99. The summed E-state index contributed by atoms with van der Waals surface area (Å²) < 4.78 is 7.65. The Bertz CT molecular complexity index is 453. The molecule has 0 spiro atoms. The zero-order valence-electron chi connectivity index (χ0n) is 11.9. The number of nitrogens with one attached hydrogen (secondary N) is 1. The van der Waals surface area contributed by atoms with Gasteiger partial charge in [-0.2, -0.15) is 5.26 Å². The summed E-state index contributed by atoms with van der Waals surface area (Å²) in [6.07, 6.45) is 5.23. The first-order chi connectivity index (χ1) is 9.22. The minimum absolute atomic E-state index is 0.438. The van der Waals surface area contributed by atoms with Gasteiger partial charge in [-0.3, -0.25) is 0 Å². The van der Waals surface area contributed by atoms with Gasteiger partial charge in [0.05, 0.1) is 6.10 Å². The van der Waals surface area contributed by atoms with Gasteiger partial charge in [0, 0.05) is 25.9 Å². The monoisotopic (exact) mass is 261 g/mol. The summed E-state index contributed by atoms with van der Waals surface area (Å²) in [6, 6.07) is 4.19. The van der Waals surface area contributed by atoms with Gasteiger partial charge in [0.15, 0.2) is 0 Å². The quantitative estimate of drug-likeness (QED) is 0.827. The topological polar surface area (TPSA) is 50.0 Å². The molecule has 4 nitrogen and oxygen atoms in total. The number of hydrogen-bond donors (Lipinski definition) is 1. The highest BCUT2D eigenvalue weighted by atomic mass is 16.5. The van der Waals surface area contributed by atoms with Crippen LogP contribution in [0.3, 0.4) is 0 Å².